The molecule has 1 aromatic rings. The third-order valence-corrected chi connectivity index (χ3v) is 3.80. The van der Waals surface area contributed by atoms with Crippen molar-refractivity contribution < 1.29 is 0 Å². The van der Waals surface area contributed by atoms with Crippen LogP contribution in [0.25, 0.3) is 0 Å². The van der Waals surface area contributed by atoms with Gasteiger partial charge < -0.3 is 4.57 Å². The number of imidazole rings is 1. The van der Waals surface area contributed by atoms with E-state index in [1.165, 1.54) is 57.8 Å². The van der Waals surface area contributed by atoms with Gasteiger partial charge in [0.2, 0.25) is 0 Å². The quantitative estimate of drug-likeness (QED) is 0.560. The minimum atomic E-state index is 0.240. The van der Waals surface area contributed by atoms with Crippen LogP contribution in [0.3, 0.4) is 0 Å². The third-order valence-electron chi connectivity index (χ3n) is 3.80. The summed E-state index contributed by atoms with van der Waals surface area (Å²) in [4.78, 5) is 3.95. The second kappa shape index (κ2) is 10.9. The van der Waals surface area contributed by atoms with Crippen molar-refractivity contribution in [2.24, 2.45) is 0 Å². The topological polar surface area (TPSA) is 65.4 Å². The number of hydrogen-bond donors (Lipinski definition) is 0. The highest BCUT2D eigenvalue weighted by Crippen LogP contribution is 2.12. The van der Waals surface area contributed by atoms with Crippen molar-refractivity contribution >= 4 is 0 Å². The van der Waals surface area contributed by atoms with Crippen LogP contribution in [0.4, 0.5) is 0 Å². The van der Waals surface area contributed by atoms with Crippen LogP contribution in [-0.4, -0.2) is 9.55 Å². The SMILES string of the molecule is CCCCCCCCCCCCn1cnc(C#N)c1C#N. The Morgan fingerprint density at radius 2 is 1.48 bits per heavy atom. The van der Waals surface area contributed by atoms with Crippen molar-refractivity contribution in [2.45, 2.75) is 77.7 Å². The number of aryl methyl sites for hydroxylation is 1. The lowest BCUT2D eigenvalue weighted by atomic mass is 10.1. The monoisotopic (exact) mass is 286 g/mol. The summed E-state index contributed by atoms with van der Waals surface area (Å²) in [5.41, 5.74) is 0.637. The van der Waals surface area contributed by atoms with Crippen LogP contribution in [-0.2, 0) is 6.54 Å². The molecule has 0 aromatic carbocycles. The van der Waals surface area contributed by atoms with E-state index in [2.05, 4.69) is 18.0 Å². The van der Waals surface area contributed by atoms with Crippen LogP contribution in [0.2, 0.25) is 0 Å². The van der Waals surface area contributed by atoms with Gasteiger partial charge >= 0.3 is 0 Å². The summed E-state index contributed by atoms with van der Waals surface area (Å²) in [5, 5.41) is 17.9. The fraction of sp³-hybridized carbons (Fsp3) is 0.706. The predicted molar refractivity (Wildman–Crippen MR) is 83.5 cm³/mol. The van der Waals surface area contributed by atoms with E-state index in [-0.39, 0.29) is 5.69 Å². The Morgan fingerprint density at radius 1 is 0.905 bits per heavy atom. The largest absolute Gasteiger partial charge is 0.321 e. The molecule has 1 rings (SSSR count). The molecule has 21 heavy (non-hydrogen) atoms. The van der Waals surface area contributed by atoms with Crippen molar-refractivity contribution in [1.29, 1.82) is 10.5 Å². The van der Waals surface area contributed by atoms with Gasteiger partial charge in [-0.05, 0) is 6.42 Å². The molecule has 1 heterocycles. The Hall–Kier alpha value is -1.81. The maximum atomic E-state index is 9.02. The molecule has 0 aliphatic carbocycles. The molecule has 4 nitrogen and oxygen atoms in total. The van der Waals surface area contributed by atoms with Crippen molar-refractivity contribution in [3.8, 4) is 12.1 Å². The fourth-order valence-corrected chi connectivity index (χ4v) is 2.52. The van der Waals surface area contributed by atoms with Crippen LogP contribution >= 0.6 is 0 Å². The normalized spacial score (nSPS) is 10.2. The molecule has 0 fully saturated rings. The first kappa shape index (κ1) is 17.2. The highest BCUT2D eigenvalue weighted by Gasteiger charge is 2.08. The van der Waals surface area contributed by atoms with Crippen molar-refractivity contribution in [2.75, 3.05) is 0 Å². The Labute approximate surface area is 128 Å². The molecule has 0 radical (unpaired) electrons. The van der Waals surface area contributed by atoms with E-state index in [0.29, 0.717) is 5.69 Å². The Kier molecular flexibility index (Phi) is 8.96. The predicted octanol–water partition coefficient (Wildman–Crippen LogP) is 4.55. The first-order valence-corrected chi connectivity index (χ1v) is 8.18. The molecule has 0 spiro atoms. The van der Waals surface area contributed by atoms with E-state index in [4.69, 9.17) is 10.5 Å². The molecule has 0 saturated heterocycles. The summed E-state index contributed by atoms with van der Waals surface area (Å²) in [7, 11) is 0. The second-order valence-corrected chi connectivity index (χ2v) is 5.54. The molecule has 114 valence electrons. The number of aromatic nitrogens is 2. The van der Waals surface area contributed by atoms with Crippen LogP contribution in [0, 0.1) is 22.7 Å². The molecule has 1 aromatic heterocycles. The van der Waals surface area contributed by atoms with Gasteiger partial charge in [-0.15, -0.1) is 0 Å². The number of rotatable bonds is 11. The van der Waals surface area contributed by atoms with Gasteiger partial charge in [0, 0.05) is 6.54 Å². The fourth-order valence-electron chi connectivity index (χ4n) is 2.52. The summed E-state index contributed by atoms with van der Waals surface area (Å²) < 4.78 is 1.79. The van der Waals surface area contributed by atoms with Crippen LogP contribution < -0.4 is 0 Å². The molecule has 0 amide bonds. The van der Waals surface area contributed by atoms with Gasteiger partial charge in [0.15, 0.2) is 11.4 Å². The summed E-state index contributed by atoms with van der Waals surface area (Å²) in [5.74, 6) is 0. The summed E-state index contributed by atoms with van der Waals surface area (Å²) in [6.45, 7) is 3.03. The Morgan fingerprint density at radius 3 is 2.00 bits per heavy atom. The maximum absolute atomic E-state index is 9.02. The minimum Gasteiger partial charge on any atom is -0.321 e. The zero-order chi connectivity index (χ0) is 15.3. The molecule has 0 aliphatic rings. The van der Waals surface area contributed by atoms with Crippen LogP contribution in [0.15, 0.2) is 6.33 Å². The minimum absolute atomic E-state index is 0.240. The van der Waals surface area contributed by atoms with Crippen molar-refractivity contribution in [3.63, 3.8) is 0 Å². The van der Waals surface area contributed by atoms with E-state index >= 15 is 0 Å². The first-order valence-electron chi connectivity index (χ1n) is 8.18. The zero-order valence-corrected chi connectivity index (χ0v) is 13.1. The number of nitrogens with zero attached hydrogens (tertiary/aromatic N) is 4. The molecule has 4 heteroatoms. The molecular formula is C17H26N4. The molecule has 0 aliphatic heterocycles. The standard InChI is InChI=1S/C17H26N4/c1-2-3-4-5-6-7-8-9-10-11-12-21-15-20-16(13-18)17(21)14-19/h15H,2-12H2,1H3. The van der Waals surface area contributed by atoms with Gasteiger partial charge in [-0.1, -0.05) is 64.7 Å². The van der Waals surface area contributed by atoms with E-state index in [1.54, 1.807) is 10.9 Å². The van der Waals surface area contributed by atoms with E-state index in [1.807, 2.05) is 6.07 Å². The van der Waals surface area contributed by atoms with E-state index in [9.17, 15) is 0 Å². The molecule has 0 N–H and O–H groups in total. The summed E-state index contributed by atoms with van der Waals surface area (Å²) >= 11 is 0. The molecular weight excluding hydrogens is 260 g/mol. The average molecular weight is 286 g/mol. The van der Waals surface area contributed by atoms with E-state index in [0.717, 1.165) is 13.0 Å². The van der Waals surface area contributed by atoms with E-state index < -0.39 is 0 Å². The lowest BCUT2D eigenvalue weighted by molar-refractivity contribution is 0.533. The molecule has 0 unspecified atom stereocenters. The van der Waals surface area contributed by atoms with Crippen LogP contribution in [0.5, 0.6) is 0 Å². The second-order valence-electron chi connectivity index (χ2n) is 5.54. The molecule has 0 saturated carbocycles. The van der Waals surface area contributed by atoms with Gasteiger partial charge in [0.25, 0.3) is 0 Å². The Bertz CT molecular complexity index is 476. The lowest BCUT2D eigenvalue weighted by Crippen LogP contribution is -2.00. The maximum Gasteiger partial charge on any atom is 0.176 e. The summed E-state index contributed by atoms with van der Waals surface area (Å²) in [6.07, 6.45) is 14.6. The third kappa shape index (κ3) is 6.45. The zero-order valence-electron chi connectivity index (χ0n) is 13.1. The van der Waals surface area contributed by atoms with Gasteiger partial charge in [-0.3, -0.25) is 0 Å². The van der Waals surface area contributed by atoms with Gasteiger partial charge in [-0.2, -0.15) is 10.5 Å². The Balaban J connectivity index is 2.06. The highest BCUT2D eigenvalue weighted by atomic mass is 15.1. The first-order chi connectivity index (χ1) is 10.3. The van der Waals surface area contributed by atoms with Crippen LogP contribution in [0.1, 0.15) is 82.5 Å². The molecule has 0 bridgehead atoms. The van der Waals surface area contributed by atoms with Crippen molar-refractivity contribution in [1.82, 2.24) is 9.55 Å². The highest BCUT2D eigenvalue weighted by molar-refractivity contribution is 5.35. The van der Waals surface area contributed by atoms with Gasteiger partial charge in [0.1, 0.15) is 12.1 Å². The molecule has 0 atom stereocenters. The van der Waals surface area contributed by atoms with Gasteiger partial charge in [0.05, 0.1) is 6.33 Å². The number of hydrogen-bond acceptors (Lipinski definition) is 3. The summed E-state index contributed by atoms with van der Waals surface area (Å²) in [6, 6.07) is 4.01. The average Bonchev–Trinajstić information content (AvgIpc) is 2.91. The number of nitriles is 2. The van der Waals surface area contributed by atoms with Crippen molar-refractivity contribution in [3.05, 3.63) is 17.7 Å². The lowest BCUT2D eigenvalue weighted by Gasteiger charge is -2.04. The number of unbranched alkanes of at least 4 members (excludes halogenated alkanes) is 9. The van der Waals surface area contributed by atoms with Gasteiger partial charge in [-0.25, -0.2) is 4.98 Å². The smallest absolute Gasteiger partial charge is 0.176 e.